The van der Waals surface area contributed by atoms with Crippen LogP contribution in [0.1, 0.15) is 27.7 Å². The van der Waals surface area contributed by atoms with Gasteiger partial charge >= 0.3 is 5.97 Å². The molecule has 0 radical (unpaired) electrons. The van der Waals surface area contributed by atoms with E-state index in [1.54, 1.807) is 20.8 Å². The maximum absolute atomic E-state index is 11.4. The van der Waals surface area contributed by atoms with Gasteiger partial charge in [-0.2, -0.15) is 0 Å². The Labute approximate surface area is 83.9 Å². The van der Waals surface area contributed by atoms with Crippen molar-refractivity contribution in [1.82, 2.24) is 0 Å². The highest BCUT2D eigenvalue weighted by atomic mass is 16.6. The predicted octanol–water partition coefficient (Wildman–Crippen LogP) is -0.601. The maximum Gasteiger partial charge on any atom is 0.341 e. The summed E-state index contributed by atoms with van der Waals surface area (Å²) in [5.74, 6) is -0.872. The molecule has 0 bridgehead atoms. The van der Waals surface area contributed by atoms with Crippen LogP contribution in [-0.4, -0.2) is 40.0 Å². The van der Waals surface area contributed by atoms with E-state index in [9.17, 15) is 15.0 Å². The average Bonchev–Trinajstić information content (AvgIpc) is 1.99. The zero-order valence-corrected chi connectivity index (χ0v) is 9.07. The minimum Gasteiger partial charge on any atom is -0.458 e. The Bertz CT molecular complexity index is 207. The molecule has 5 nitrogen and oxygen atoms in total. The Morgan fingerprint density at radius 1 is 1.43 bits per heavy atom. The topological polar surface area (TPSA) is 92.8 Å². The number of hydrogen-bond donors (Lipinski definition) is 3. The van der Waals surface area contributed by atoms with Gasteiger partial charge in [0, 0.05) is 6.54 Å². The van der Waals surface area contributed by atoms with Crippen LogP contribution in [0.25, 0.3) is 0 Å². The Morgan fingerprint density at radius 3 is 2.14 bits per heavy atom. The molecule has 2 atom stereocenters. The molecule has 0 aromatic carbocycles. The second-order valence-electron chi connectivity index (χ2n) is 4.40. The molecule has 0 amide bonds. The van der Waals surface area contributed by atoms with E-state index in [4.69, 9.17) is 10.5 Å². The van der Waals surface area contributed by atoms with Crippen molar-refractivity contribution in [2.75, 3.05) is 6.54 Å². The van der Waals surface area contributed by atoms with E-state index >= 15 is 0 Å². The molecular weight excluding hydrogens is 186 g/mol. The van der Waals surface area contributed by atoms with E-state index in [0.717, 1.165) is 0 Å². The summed E-state index contributed by atoms with van der Waals surface area (Å²) in [7, 11) is 0. The van der Waals surface area contributed by atoms with Crippen molar-refractivity contribution >= 4 is 5.97 Å². The molecule has 5 heteroatoms. The SMILES string of the molecule is CC(C)(C)OC(=O)[C@@](C)(O)[C@H](O)CN. The fourth-order valence-electron chi connectivity index (χ4n) is 0.747. The highest BCUT2D eigenvalue weighted by Gasteiger charge is 2.41. The molecule has 0 heterocycles. The minimum absolute atomic E-state index is 0.202. The molecule has 0 aliphatic rings. The van der Waals surface area contributed by atoms with Crippen LogP contribution in [0, 0.1) is 0 Å². The number of nitrogens with two attached hydrogens (primary N) is 1. The first-order chi connectivity index (χ1) is 6.11. The van der Waals surface area contributed by atoms with Gasteiger partial charge in [0.05, 0.1) is 0 Å². The van der Waals surface area contributed by atoms with E-state index in [-0.39, 0.29) is 6.54 Å². The first kappa shape index (κ1) is 13.4. The summed E-state index contributed by atoms with van der Waals surface area (Å²) >= 11 is 0. The molecule has 0 aliphatic carbocycles. The lowest BCUT2D eigenvalue weighted by Crippen LogP contribution is -2.52. The molecule has 14 heavy (non-hydrogen) atoms. The molecule has 0 aromatic rings. The van der Waals surface area contributed by atoms with E-state index in [0.29, 0.717) is 0 Å². The second-order valence-corrected chi connectivity index (χ2v) is 4.40. The van der Waals surface area contributed by atoms with Crippen molar-refractivity contribution in [3.63, 3.8) is 0 Å². The zero-order chi connectivity index (χ0) is 11.6. The van der Waals surface area contributed by atoms with Gasteiger partial charge in [0.25, 0.3) is 0 Å². The lowest BCUT2D eigenvalue weighted by atomic mass is 9.99. The lowest BCUT2D eigenvalue weighted by Gasteiger charge is -2.30. The number of carbonyl (C=O) groups excluding carboxylic acids is 1. The van der Waals surface area contributed by atoms with Crippen LogP contribution in [-0.2, 0) is 9.53 Å². The minimum atomic E-state index is -1.96. The van der Waals surface area contributed by atoms with Crippen LogP contribution >= 0.6 is 0 Å². The van der Waals surface area contributed by atoms with Gasteiger partial charge in [-0.05, 0) is 27.7 Å². The first-order valence-electron chi connectivity index (χ1n) is 4.45. The molecule has 4 N–H and O–H groups in total. The van der Waals surface area contributed by atoms with Gasteiger partial charge in [0.2, 0.25) is 0 Å². The molecule has 0 unspecified atom stereocenters. The summed E-state index contributed by atoms with van der Waals surface area (Å²) in [6, 6.07) is 0. The molecular formula is C9H19NO4. The third kappa shape index (κ3) is 3.61. The zero-order valence-electron chi connectivity index (χ0n) is 9.07. The van der Waals surface area contributed by atoms with Crippen molar-refractivity contribution in [2.45, 2.75) is 45.0 Å². The van der Waals surface area contributed by atoms with Gasteiger partial charge < -0.3 is 20.7 Å². The molecule has 0 aromatic heterocycles. The number of ether oxygens (including phenoxy) is 1. The number of hydrogen-bond acceptors (Lipinski definition) is 5. The Kier molecular flexibility index (Phi) is 4.05. The van der Waals surface area contributed by atoms with Crippen LogP contribution in [0.3, 0.4) is 0 Å². The monoisotopic (exact) mass is 205 g/mol. The van der Waals surface area contributed by atoms with E-state index in [1.165, 1.54) is 6.92 Å². The smallest absolute Gasteiger partial charge is 0.341 e. The van der Waals surface area contributed by atoms with Crippen molar-refractivity contribution in [1.29, 1.82) is 0 Å². The number of esters is 1. The van der Waals surface area contributed by atoms with Gasteiger partial charge in [0.15, 0.2) is 5.60 Å². The molecule has 0 rings (SSSR count). The second kappa shape index (κ2) is 4.25. The molecule has 0 saturated carbocycles. The number of aliphatic hydroxyl groups excluding tert-OH is 1. The van der Waals surface area contributed by atoms with Gasteiger partial charge in [-0.25, -0.2) is 4.79 Å². The normalized spacial score (nSPS) is 18.5. The Balaban J connectivity index is 4.52. The summed E-state index contributed by atoms with van der Waals surface area (Å²) < 4.78 is 4.92. The third-order valence-corrected chi connectivity index (χ3v) is 1.68. The van der Waals surface area contributed by atoms with Crippen LogP contribution in [0.2, 0.25) is 0 Å². The summed E-state index contributed by atoms with van der Waals surface area (Å²) in [6.07, 6.45) is -1.32. The summed E-state index contributed by atoms with van der Waals surface area (Å²) in [6.45, 7) is 6.01. The highest BCUT2D eigenvalue weighted by Crippen LogP contribution is 2.17. The Hall–Kier alpha value is -0.650. The van der Waals surface area contributed by atoms with Gasteiger partial charge in [-0.1, -0.05) is 0 Å². The number of carbonyl (C=O) groups is 1. The molecule has 0 fully saturated rings. The summed E-state index contributed by atoms with van der Waals surface area (Å²) in [4.78, 5) is 11.4. The van der Waals surface area contributed by atoms with Crippen molar-refractivity contribution < 1.29 is 19.7 Å². The van der Waals surface area contributed by atoms with Crippen LogP contribution < -0.4 is 5.73 Å². The average molecular weight is 205 g/mol. The molecule has 0 saturated heterocycles. The lowest BCUT2D eigenvalue weighted by molar-refractivity contribution is -0.185. The van der Waals surface area contributed by atoms with E-state index < -0.39 is 23.3 Å². The number of aliphatic hydroxyl groups is 2. The molecule has 0 spiro atoms. The highest BCUT2D eigenvalue weighted by molar-refractivity contribution is 5.80. The fourth-order valence-corrected chi connectivity index (χ4v) is 0.747. The van der Waals surface area contributed by atoms with E-state index in [2.05, 4.69) is 0 Å². The van der Waals surface area contributed by atoms with E-state index in [1.807, 2.05) is 0 Å². The Morgan fingerprint density at radius 2 is 1.86 bits per heavy atom. The fraction of sp³-hybridized carbons (Fsp3) is 0.889. The van der Waals surface area contributed by atoms with Crippen LogP contribution in [0.5, 0.6) is 0 Å². The van der Waals surface area contributed by atoms with Gasteiger partial charge in [0.1, 0.15) is 11.7 Å². The summed E-state index contributed by atoms with van der Waals surface area (Å²) in [5.41, 5.74) is 2.49. The standard InChI is InChI=1S/C9H19NO4/c1-8(2,3)14-7(12)9(4,13)6(11)5-10/h6,11,13H,5,10H2,1-4H3/t6-,9+/m1/s1. The molecule has 0 aliphatic heterocycles. The van der Waals surface area contributed by atoms with Crippen molar-refractivity contribution in [3.8, 4) is 0 Å². The maximum atomic E-state index is 11.4. The van der Waals surface area contributed by atoms with Crippen LogP contribution in [0.4, 0.5) is 0 Å². The van der Waals surface area contributed by atoms with Gasteiger partial charge in [-0.3, -0.25) is 0 Å². The third-order valence-electron chi connectivity index (χ3n) is 1.68. The quantitative estimate of drug-likeness (QED) is 0.535. The van der Waals surface area contributed by atoms with Gasteiger partial charge in [-0.15, -0.1) is 0 Å². The summed E-state index contributed by atoms with van der Waals surface area (Å²) in [5, 5.41) is 18.9. The molecule has 84 valence electrons. The largest absolute Gasteiger partial charge is 0.458 e. The first-order valence-corrected chi connectivity index (χ1v) is 4.45. The van der Waals surface area contributed by atoms with Crippen molar-refractivity contribution in [2.24, 2.45) is 5.73 Å². The predicted molar refractivity (Wildman–Crippen MR) is 51.5 cm³/mol. The number of rotatable bonds is 3. The van der Waals surface area contributed by atoms with Crippen LogP contribution in [0.15, 0.2) is 0 Å². The van der Waals surface area contributed by atoms with Crippen molar-refractivity contribution in [3.05, 3.63) is 0 Å².